The van der Waals surface area contributed by atoms with Crippen LogP contribution in [0.3, 0.4) is 0 Å². The van der Waals surface area contributed by atoms with Gasteiger partial charge in [-0.25, -0.2) is 4.98 Å². The minimum atomic E-state index is 0.205. The number of hydrogen-bond donors (Lipinski definition) is 2. The Hall–Kier alpha value is -2.22. The Labute approximate surface area is 123 Å². The number of ether oxygens (including phenoxy) is 1. The van der Waals surface area contributed by atoms with Crippen LogP contribution in [0.15, 0.2) is 18.7 Å². The van der Waals surface area contributed by atoms with Crippen molar-refractivity contribution in [1.82, 2.24) is 24.5 Å². The lowest BCUT2D eigenvalue weighted by Crippen LogP contribution is -2.30. The van der Waals surface area contributed by atoms with Crippen molar-refractivity contribution in [2.75, 3.05) is 24.8 Å². The van der Waals surface area contributed by atoms with Crippen LogP contribution in [-0.2, 0) is 4.74 Å². The van der Waals surface area contributed by atoms with Gasteiger partial charge >= 0.3 is 0 Å². The molecule has 2 heterocycles. The highest BCUT2D eigenvalue weighted by molar-refractivity contribution is 5.38. The number of imidazole rings is 1. The van der Waals surface area contributed by atoms with E-state index in [1.54, 1.807) is 37.4 Å². The van der Waals surface area contributed by atoms with E-state index in [4.69, 9.17) is 4.74 Å². The van der Waals surface area contributed by atoms with Crippen molar-refractivity contribution in [2.24, 2.45) is 0 Å². The second kappa shape index (κ2) is 6.04. The smallest absolute Gasteiger partial charge is 0.241 e. The van der Waals surface area contributed by atoms with Gasteiger partial charge in [-0.15, -0.1) is 0 Å². The molecule has 1 fully saturated rings. The van der Waals surface area contributed by atoms with Gasteiger partial charge in [-0.2, -0.15) is 15.0 Å². The highest BCUT2D eigenvalue weighted by atomic mass is 16.5. The highest BCUT2D eigenvalue weighted by Crippen LogP contribution is 2.24. The van der Waals surface area contributed by atoms with Crippen LogP contribution in [-0.4, -0.2) is 50.8 Å². The normalized spacial score (nSPS) is 21.4. The van der Waals surface area contributed by atoms with E-state index >= 15 is 0 Å². The summed E-state index contributed by atoms with van der Waals surface area (Å²) in [6.07, 6.45) is 8.61. The Morgan fingerprint density at radius 3 is 2.81 bits per heavy atom. The minimum Gasteiger partial charge on any atom is -0.379 e. The first kappa shape index (κ1) is 13.7. The first-order valence-electron chi connectivity index (χ1n) is 7.01. The molecule has 0 radical (unpaired) electrons. The number of rotatable bonds is 5. The highest BCUT2D eigenvalue weighted by Gasteiger charge is 2.27. The molecule has 0 spiro atoms. The molecule has 2 aromatic rings. The molecule has 0 saturated heterocycles. The second-order valence-electron chi connectivity index (χ2n) is 4.96. The fraction of sp³-hybridized carbons (Fsp3) is 0.538. The van der Waals surface area contributed by atoms with Gasteiger partial charge in [0.1, 0.15) is 6.33 Å². The molecule has 0 aliphatic heterocycles. The van der Waals surface area contributed by atoms with Crippen LogP contribution in [0.1, 0.15) is 19.3 Å². The molecule has 3 rings (SSSR count). The summed E-state index contributed by atoms with van der Waals surface area (Å²) in [6, 6.07) is 0.234. The van der Waals surface area contributed by atoms with Crippen LogP contribution >= 0.6 is 0 Å². The molecule has 0 bridgehead atoms. The monoisotopic (exact) mass is 289 g/mol. The summed E-state index contributed by atoms with van der Waals surface area (Å²) in [5.74, 6) is 1.59. The van der Waals surface area contributed by atoms with Gasteiger partial charge in [0.25, 0.3) is 0 Å². The van der Waals surface area contributed by atoms with Gasteiger partial charge in [-0.05, 0) is 19.3 Å². The van der Waals surface area contributed by atoms with Crippen molar-refractivity contribution in [3.8, 4) is 5.95 Å². The molecule has 21 heavy (non-hydrogen) atoms. The first-order chi connectivity index (χ1) is 10.3. The minimum absolute atomic E-state index is 0.205. The fourth-order valence-corrected chi connectivity index (χ4v) is 2.57. The van der Waals surface area contributed by atoms with Gasteiger partial charge in [0, 0.05) is 26.6 Å². The van der Waals surface area contributed by atoms with Crippen molar-refractivity contribution in [3.63, 3.8) is 0 Å². The lowest BCUT2D eigenvalue weighted by molar-refractivity contribution is 0.101. The van der Waals surface area contributed by atoms with Crippen molar-refractivity contribution in [1.29, 1.82) is 0 Å². The third-order valence-corrected chi connectivity index (χ3v) is 3.65. The largest absolute Gasteiger partial charge is 0.379 e. The molecular formula is C13H19N7O. The van der Waals surface area contributed by atoms with Crippen molar-refractivity contribution >= 4 is 11.9 Å². The van der Waals surface area contributed by atoms with Crippen LogP contribution < -0.4 is 10.6 Å². The van der Waals surface area contributed by atoms with Gasteiger partial charge in [0.15, 0.2) is 0 Å². The van der Waals surface area contributed by atoms with Crippen molar-refractivity contribution < 1.29 is 4.74 Å². The lowest BCUT2D eigenvalue weighted by atomic mass is 10.2. The van der Waals surface area contributed by atoms with Gasteiger partial charge in [-0.3, -0.25) is 4.57 Å². The molecule has 112 valence electrons. The molecule has 1 aliphatic rings. The molecule has 8 nitrogen and oxygen atoms in total. The maximum Gasteiger partial charge on any atom is 0.241 e. The zero-order chi connectivity index (χ0) is 14.7. The Morgan fingerprint density at radius 1 is 1.24 bits per heavy atom. The third kappa shape index (κ3) is 2.94. The summed E-state index contributed by atoms with van der Waals surface area (Å²) in [6.45, 7) is 0. The average molecular weight is 289 g/mol. The summed E-state index contributed by atoms with van der Waals surface area (Å²) in [7, 11) is 3.53. The summed E-state index contributed by atoms with van der Waals surface area (Å²) >= 11 is 0. The van der Waals surface area contributed by atoms with Crippen molar-refractivity contribution in [3.05, 3.63) is 18.7 Å². The predicted molar refractivity (Wildman–Crippen MR) is 78.6 cm³/mol. The molecule has 2 unspecified atom stereocenters. The Morgan fingerprint density at radius 2 is 2.10 bits per heavy atom. The molecule has 0 amide bonds. The van der Waals surface area contributed by atoms with Crippen LogP contribution in [0.4, 0.5) is 11.9 Å². The summed E-state index contributed by atoms with van der Waals surface area (Å²) in [4.78, 5) is 17.2. The van der Waals surface area contributed by atoms with Crippen LogP contribution in [0.2, 0.25) is 0 Å². The molecule has 1 aliphatic carbocycles. The van der Waals surface area contributed by atoms with Crippen molar-refractivity contribution in [2.45, 2.75) is 31.4 Å². The van der Waals surface area contributed by atoms with Crippen LogP contribution in [0, 0.1) is 0 Å². The zero-order valence-corrected chi connectivity index (χ0v) is 12.2. The van der Waals surface area contributed by atoms with Gasteiger partial charge in [0.05, 0.1) is 12.1 Å². The quantitative estimate of drug-likeness (QED) is 0.851. The van der Waals surface area contributed by atoms with E-state index in [1.807, 2.05) is 0 Å². The number of aromatic nitrogens is 5. The third-order valence-electron chi connectivity index (χ3n) is 3.65. The summed E-state index contributed by atoms with van der Waals surface area (Å²) < 4.78 is 7.24. The van der Waals surface area contributed by atoms with Crippen LogP contribution in [0.5, 0.6) is 0 Å². The number of nitrogens with zero attached hydrogens (tertiary/aromatic N) is 5. The molecular weight excluding hydrogens is 270 g/mol. The van der Waals surface area contributed by atoms with Gasteiger partial charge in [-0.1, -0.05) is 0 Å². The summed E-state index contributed by atoms with van der Waals surface area (Å²) in [5, 5.41) is 6.31. The molecule has 2 N–H and O–H groups in total. The SMILES string of the molecule is CNc1nc(NC2CCCC2OC)nc(-n2ccnc2)n1. The maximum absolute atomic E-state index is 5.49. The zero-order valence-electron chi connectivity index (χ0n) is 12.2. The Bertz CT molecular complexity index is 586. The van der Waals surface area contributed by atoms with E-state index < -0.39 is 0 Å². The predicted octanol–water partition coefficient (Wildman–Crippen LogP) is 1.08. The lowest BCUT2D eigenvalue weighted by Gasteiger charge is -2.19. The van der Waals surface area contributed by atoms with E-state index in [0.717, 1.165) is 19.3 Å². The Balaban J connectivity index is 1.86. The molecule has 0 aromatic carbocycles. The number of hydrogen-bond acceptors (Lipinski definition) is 7. The van der Waals surface area contributed by atoms with E-state index in [-0.39, 0.29) is 12.1 Å². The van der Waals surface area contributed by atoms with Crippen LogP contribution in [0.25, 0.3) is 5.95 Å². The maximum atomic E-state index is 5.49. The number of methoxy groups -OCH3 is 1. The fourth-order valence-electron chi connectivity index (χ4n) is 2.57. The van der Waals surface area contributed by atoms with Gasteiger partial charge < -0.3 is 15.4 Å². The average Bonchev–Trinajstić information content (AvgIpc) is 3.18. The molecule has 2 aromatic heterocycles. The summed E-state index contributed by atoms with van der Waals surface area (Å²) in [5.41, 5.74) is 0. The molecule has 1 saturated carbocycles. The topological polar surface area (TPSA) is 89.8 Å². The van der Waals surface area contributed by atoms with E-state index in [9.17, 15) is 0 Å². The number of nitrogens with one attached hydrogen (secondary N) is 2. The molecule has 2 atom stereocenters. The second-order valence-corrected chi connectivity index (χ2v) is 4.96. The standard InChI is InChI=1S/C13H19N7O/c1-14-11-17-12(16-9-4-3-5-10(9)21-2)19-13(18-11)20-7-6-15-8-20/h6-10H,3-5H2,1-2H3,(H2,14,16,17,18,19). The van der Waals surface area contributed by atoms with E-state index in [0.29, 0.717) is 17.8 Å². The first-order valence-corrected chi connectivity index (χ1v) is 7.01. The number of anilines is 2. The van der Waals surface area contributed by atoms with E-state index in [1.165, 1.54) is 0 Å². The molecule has 8 heteroatoms. The van der Waals surface area contributed by atoms with Gasteiger partial charge in [0.2, 0.25) is 17.8 Å². The Kier molecular flexibility index (Phi) is 3.96. The van der Waals surface area contributed by atoms with E-state index in [2.05, 4.69) is 30.6 Å².